The van der Waals surface area contributed by atoms with Crippen LogP contribution in [0.15, 0.2) is 24.3 Å². The number of hydrogen-bond acceptors (Lipinski definition) is 3. The zero-order valence-corrected chi connectivity index (χ0v) is 14.4. The van der Waals surface area contributed by atoms with Crippen LogP contribution in [0.2, 0.25) is 0 Å². The van der Waals surface area contributed by atoms with Crippen LogP contribution in [-0.4, -0.2) is 35.2 Å². The van der Waals surface area contributed by atoms with E-state index in [1.54, 1.807) is 0 Å². The van der Waals surface area contributed by atoms with Crippen molar-refractivity contribution in [2.24, 2.45) is 5.92 Å². The number of hydrogen-bond donors (Lipinski definition) is 2. The third-order valence-electron chi connectivity index (χ3n) is 5.18. The van der Waals surface area contributed by atoms with Crippen LogP contribution in [0, 0.1) is 5.92 Å². The van der Waals surface area contributed by atoms with Gasteiger partial charge in [-0.3, -0.25) is 4.90 Å². The number of benzene rings is 1. The topological polar surface area (TPSA) is 35.5 Å². The fourth-order valence-corrected chi connectivity index (χ4v) is 3.03. The van der Waals surface area contributed by atoms with Crippen LogP contribution in [-0.2, 0) is 13.1 Å². The summed E-state index contributed by atoms with van der Waals surface area (Å²) >= 11 is 0. The van der Waals surface area contributed by atoms with E-state index in [2.05, 4.69) is 55.3 Å². The molecular weight excluding hydrogens is 272 g/mol. The minimum absolute atomic E-state index is 0.0930. The highest BCUT2D eigenvalue weighted by Gasteiger charge is 2.18. The lowest BCUT2D eigenvalue weighted by Crippen LogP contribution is -2.36. The van der Waals surface area contributed by atoms with Gasteiger partial charge in [-0.25, -0.2) is 0 Å². The first-order valence-electron chi connectivity index (χ1n) is 8.80. The number of nitrogens with one attached hydrogen (secondary N) is 1. The lowest BCUT2D eigenvalue weighted by Gasteiger charge is -2.30. The zero-order chi connectivity index (χ0) is 15.9. The van der Waals surface area contributed by atoms with Gasteiger partial charge in [0, 0.05) is 32.2 Å². The maximum atomic E-state index is 9.63. The van der Waals surface area contributed by atoms with Crippen LogP contribution < -0.4 is 5.32 Å². The fourth-order valence-electron chi connectivity index (χ4n) is 3.03. The van der Waals surface area contributed by atoms with Crippen molar-refractivity contribution < 1.29 is 5.11 Å². The van der Waals surface area contributed by atoms with Gasteiger partial charge < -0.3 is 10.4 Å². The van der Waals surface area contributed by atoms with E-state index in [1.165, 1.54) is 17.5 Å². The summed E-state index contributed by atoms with van der Waals surface area (Å²) in [6, 6.07) is 9.30. The Bertz CT molecular complexity index is 441. The minimum atomic E-state index is -0.0930. The molecule has 0 amide bonds. The van der Waals surface area contributed by atoms with Crippen LogP contribution in [0.25, 0.3) is 0 Å². The van der Waals surface area contributed by atoms with Gasteiger partial charge in [-0.15, -0.1) is 0 Å². The molecule has 0 aromatic heterocycles. The maximum Gasteiger partial charge on any atom is 0.0564 e. The Kier molecular flexibility index (Phi) is 6.87. The van der Waals surface area contributed by atoms with Gasteiger partial charge in [0.2, 0.25) is 0 Å². The summed E-state index contributed by atoms with van der Waals surface area (Å²) in [5.74, 6) is 0.704. The standard InChI is InChI=1S/C19H32N2O/c1-4-15(2)16(3)20-13-17-7-5-6-8-18(17)14-21-11-9-19(22)10-12-21/h5-8,15-16,19-20,22H,4,9-14H2,1-3H3. The Morgan fingerprint density at radius 3 is 2.45 bits per heavy atom. The normalized spacial score (nSPS) is 20.0. The third kappa shape index (κ3) is 5.08. The number of rotatable bonds is 7. The molecule has 2 N–H and O–H groups in total. The van der Waals surface area contributed by atoms with Crippen molar-refractivity contribution in [3.8, 4) is 0 Å². The summed E-state index contributed by atoms with van der Waals surface area (Å²) in [5.41, 5.74) is 2.83. The Balaban J connectivity index is 1.92. The number of likely N-dealkylation sites (tertiary alicyclic amines) is 1. The van der Waals surface area contributed by atoms with Gasteiger partial charge in [0.1, 0.15) is 0 Å². The smallest absolute Gasteiger partial charge is 0.0564 e. The molecule has 1 aromatic rings. The molecule has 1 saturated heterocycles. The molecule has 1 aliphatic heterocycles. The summed E-state index contributed by atoms with van der Waals surface area (Å²) < 4.78 is 0. The zero-order valence-electron chi connectivity index (χ0n) is 14.4. The molecule has 1 aromatic carbocycles. The predicted molar refractivity (Wildman–Crippen MR) is 92.7 cm³/mol. The van der Waals surface area contributed by atoms with Crippen LogP contribution in [0.3, 0.4) is 0 Å². The summed E-state index contributed by atoms with van der Waals surface area (Å²) in [7, 11) is 0. The molecule has 2 atom stereocenters. The summed E-state index contributed by atoms with van der Waals surface area (Å²) in [5, 5.41) is 13.3. The molecule has 2 unspecified atom stereocenters. The molecule has 2 rings (SSSR count). The van der Waals surface area contributed by atoms with E-state index in [-0.39, 0.29) is 6.10 Å². The van der Waals surface area contributed by atoms with E-state index in [1.807, 2.05) is 0 Å². The molecule has 1 fully saturated rings. The molecule has 124 valence electrons. The van der Waals surface area contributed by atoms with Gasteiger partial charge in [-0.2, -0.15) is 0 Å². The van der Waals surface area contributed by atoms with Crippen molar-refractivity contribution in [1.82, 2.24) is 10.2 Å². The van der Waals surface area contributed by atoms with E-state index in [0.717, 1.165) is 39.0 Å². The molecule has 0 aliphatic carbocycles. The molecule has 0 radical (unpaired) electrons. The van der Waals surface area contributed by atoms with E-state index in [4.69, 9.17) is 0 Å². The van der Waals surface area contributed by atoms with Crippen LogP contribution in [0.4, 0.5) is 0 Å². The second-order valence-corrected chi connectivity index (χ2v) is 6.83. The fraction of sp³-hybridized carbons (Fsp3) is 0.684. The highest BCUT2D eigenvalue weighted by atomic mass is 16.3. The number of aliphatic hydroxyl groups excluding tert-OH is 1. The van der Waals surface area contributed by atoms with Crippen molar-refractivity contribution in [3.05, 3.63) is 35.4 Å². The van der Waals surface area contributed by atoms with Crippen molar-refractivity contribution >= 4 is 0 Å². The van der Waals surface area contributed by atoms with E-state index < -0.39 is 0 Å². The van der Waals surface area contributed by atoms with Crippen molar-refractivity contribution in [2.45, 2.75) is 65.3 Å². The second-order valence-electron chi connectivity index (χ2n) is 6.83. The van der Waals surface area contributed by atoms with Crippen LogP contribution in [0.1, 0.15) is 51.2 Å². The minimum Gasteiger partial charge on any atom is -0.393 e. The highest BCUT2D eigenvalue weighted by molar-refractivity contribution is 5.27. The van der Waals surface area contributed by atoms with Gasteiger partial charge in [0.05, 0.1) is 6.10 Å². The molecule has 3 nitrogen and oxygen atoms in total. The molecule has 0 bridgehead atoms. The average Bonchev–Trinajstić information content (AvgIpc) is 2.55. The van der Waals surface area contributed by atoms with Gasteiger partial charge in [-0.1, -0.05) is 44.5 Å². The maximum absolute atomic E-state index is 9.63. The van der Waals surface area contributed by atoms with Crippen molar-refractivity contribution in [1.29, 1.82) is 0 Å². The summed E-state index contributed by atoms with van der Waals surface area (Å²) in [6.07, 6.45) is 2.94. The van der Waals surface area contributed by atoms with Gasteiger partial charge >= 0.3 is 0 Å². The number of piperidine rings is 1. The molecule has 3 heteroatoms. The predicted octanol–water partition coefficient (Wildman–Crippen LogP) is 3.17. The average molecular weight is 304 g/mol. The lowest BCUT2D eigenvalue weighted by molar-refractivity contribution is 0.0791. The molecule has 1 aliphatic rings. The van der Waals surface area contributed by atoms with Gasteiger partial charge in [0.25, 0.3) is 0 Å². The molecule has 1 heterocycles. The van der Waals surface area contributed by atoms with E-state index in [0.29, 0.717) is 12.0 Å². The summed E-state index contributed by atoms with van der Waals surface area (Å²) in [4.78, 5) is 2.46. The van der Waals surface area contributed by atoms with Gasteiger partial charge in [0.15, 0.2) is 0 Å². The first-order chi connectivity index (χ1) is 10.6. The SMILES string of the molecule is CCC(C)C(C)NCc1ccccc1CN1CCC(O)CC1. The summed E-state index contributed by atoms with van der Waals surface area (Å²) in [6.45, 7) is 10.8. The Labute approximate surface area is 135 Å². The Morgan fingerprint density at radius 1 is 1.18 bits per heavy atom. The molecule has 0 spiro atoms. The number of aliphatic hydroxyl groups is 1. The monoisotopic (exact) mass is 304 g/mol. The van der Waals surface area contributed by atoms with E-state index in [9.17, 15) is 5.11 Å². The van der Waals surface area contributed by atoms with Crippen LogP contribution in [0.5, 0.6) is 0 Å². The largest absolute Gasteiger partial charge is 0.393 e. The molecular formula is C19H32N2O. The number of nitrogens with zero attached hydrogens (tertiary/aromatic N) is 1. The lowest BCUT2D eigenvalue weighted by atomic mass is 9.99. The van der Waals surface area contributed by atoms with Crippen molar-refractivity contribution in [2.75, 3.05) is 13.1 Å². The Hall–Kier alpha value is -0.900. The first kappa shape index (κ1) is 17.5. The van der Waals surface area contributed by atoms with Crippen LogP contribution >= 0.6 is 0 Å². The second kappa shape index (κ2) is 8.66. The first-order valence-corrected chi connectivity index (χ1v) is 8.80. The third-order valence-corrected chi connectivity index (χ3v) is 5.18. The molecule has 22 heavy (non-hydrogen) atoms. The van der Waals surface area contributed by atoms with Crippen molar-refractivity contribution in [3.63, 3.8) is 0 Å². The molecule has 0 saturated carbocycles. The Morgan fingerprint density at radius 2 is 1.82 bits per heavy atom. The van der Waals surface area contributed by atoms with Gasteiger partial charge in [-0.05, 0) is 36.8 Å². The van der Waals surface area contributed by atoms with E-state index >= 15 is 0 Å². The quantitative estimate of drug-likeness (QED) is 0.812. The highest BCUT2D eigenvalue weighted by Crippen LogP contribution is 2.17.